The van der Waals surface area contributed by atoms with Gasteiger partial charge in [0.05, 0.1) is 5.56 Å². The van der Waals surface area contributed by atoms with Crippen LogP contribution in [0.5, 0.6) is 0 Å². The average molecular weight is 298 g/mol. The summed E-state index contributed by atoms with van der Waals surface area (Å²) in [5, 5.41) is 5.27. The number of guanidine groups is 1. The second-order valence-electron chi connectivity index (χ2n) is 3.19. The summed E-state index contributed by atoms with van der Waals surface area (Å²) in [6.07, 6.45) is -4.51. The van der Waals surface area contributed by atoms with Crippen molar-refractivity contribution in [2.75, 3.05) is 7.11 Å². The van der Waals surface area contributed by atoms with E-state index in [1.54, 1.807) is 0 Å². The Morgan fingerprint density at radius 3 is 2.58 bits per heavy atom. The van der Waals surface area contributed by atoms with Crippen LogP contribution in [0.4, 0.5) is 13.2 Å². The topological polar surface area (TPSA) is 76.7 Å². The van der Waals surface area contributed by atoms with Gasteiger partial charge in [-0.15, -0.1) is 12.4 Å². The zero-order valence-electron chi connectivity index (χ0n) is 9.69. The minimum Gasteiger partial charge on any atom is -0.396 e. The van der Waals surface area contributed by atoms with Crippen LogP contribution in [0.1, 0.15) is 15.9 Å². The quantitative estimate of drug-likeness (QED) is 0.496. The Hall–Kier alpha value is -1.96. The van der Waals surface area contributed by atoms with E-state index in [4.69, 9.17) is 5.73 Å². The zero-order valence-corrected chi connectivity index (χ0v) is 10.5. The first-order chi connectivity index (χ1) is 8.34. The van der Waals surface area contributed by atoms with Crippen molar-refractivity contribution < 1.29 is 22.8 Å². The number of halogens is 4. The first-order valence-electron chi connectivity index (χ1n) is 4.70. The fraction of sp³-hybridized carbons (Fsp3) is 0.200. The molecule has 0 unspecified atom stereocenters. The molecule has 19 heavy (non-hydrogen) atoms. The van der Waals surface area contributed by atoms with E-state index in [9.17, 15) is 18.0 Å². The van der Waals surface area contributed by atoms with Gasteiger partial charge in [0, 0.05) is 5.56 Å². The van der Waals surface area contributed by atoms with Crippen LogP contribution >= 0.6 is 12.4 Å². The van der Waals surface area contributed by atoms with Crippen LogP contribution in [0.2, 0.25) is 0 Å². The summed E-state index contributed by atoms with van der Waals surface area (Å²) in [6, 6.07) is 3.94. The van der Waals surface area contributed by atoms with Crippen LogP contribution in [0.3, 0.4) is 0 Å². The minimum absolute atomic E-state index is 0. The van der Waals surface area contributed by atoms with Crippen molar-refractivity contribution in [3.8, 4) is 0 Å². The smallest absolute Gasteiger partial charge is 0.396 e. The molecular formula is C10H11ClF3N3O2. The lowest BCUT2D eigenvalue weighted by atomic mass is 10.1. The predicted molar refractivity (Wildman–Crippen MR) is 64.8 cm³/mol. The molecule has 0 aromatic heterocycles. The fourth-order valence-electron chi connectivity index (χ4n) is 1.15. The normalized spacial score (nSPS) is 11.5. The molecule has 0 radical (unpaired) electrons. The lowest BCUT2D eigenvalue weighted by molar-refractivity contribution is -0.137. The number of nitrogens with two attached hydrogens (primary N) is 1. The van der Waals surface area contributed by atoms with Crippen molar-refractivity contribution in [3.63, 3.8) is 0 Å². The average Bonchev–Trinajstić information content (AvgIpc) is 2.28. The molecule has 0 heterocycles. The van der Waals surface area contributed by atoms with Crippen molar-refractivity contribution in [3.05, 3.63) is 35.4 Å². The lowest BCUT2D eigenvalue weighted by Gasteiger charge is -2.08. The highest BCUT2D eigenvalue weighted by Gasteiger charge is 2.30. The summed E-state index contributed by atoms with van der Waals surface area (Å²) < 4.78 is 37.2. The van der Waals surface area contributed by atoms with Crippen LogP contribution in [0.25, 0.3) is 0 Å². The molecule has 3 N–H and O–H groups in total. The second-order valence-corrected chi connectivity index (χ2v) is 3.19. The maximum Gasteiger partial charge on any atom is 0.416 e. The van der Waals surface area contributed by atoms with E-state index in [2.05, 4.69) is 15.3 Å². The molecule has 9 heteroatoms. The molecule has 5 nitrogen and oxygen atoms in total. The van der Waals surface area contributed by atoms with Gasteiger partial charge in [0.25, 0.3) is 5.91 Å². The molecule has 0 aliphatic carbocycles. The van der Waals surface area contributed by atoms with E-state index < -0.39 is 17.6 Å². The number of oxime groups is 1. The monoisotopic (exact) mass is 297 g/mol. The van der Waals surface area contributed by atoms with E-state index in [1.807, 2.05) is 0 Å². The van der Waals surface area contributed by atoms with Gasteiger partial charge >= 0.3 is 6.18 Å². The maximum absolute atomic E-state index is 12.4. The highest BCUT2D eigenvalue weighted by Crippen LogP contribution is 2.29. The number of amides is 1. The summed E-state index contributed by atoms with van der Waals surface area (Å²) in [4.78, 5) is 15.8. The van der Waals surface area contributed by atoms with Gasteiger partial charge in [-0.2, -0.15) is 13.2 Å². The molecule has 0 saturated carbocycles. The van der Waals surface area contributed by atoms with Gasteiger partial charge in [-0.1, -0.05) is 6.07 Å². The Morgan fingerprint density at radius 2 is 2.05 bits per heavy atom. The number of hydrogen-bond acceptors (Lipinski definition) is 3. The summed E-state index contributed by atoms with van der Waals surface area (Å²) in [6.45, 7) is 0. The first kappa shape index (κ1) is 17.0. The van der Waals surface area contributed by atoms with E-state index in [-0.39, 0.29) is 23.9 Å². The van der Waals surface area contributed by atoms with Crippen LogP contribution < -0.4 is 11.1 Å². The third-order valence-corrected chi connectivity index (χ3v) is 1.88. The molecule has 1 amide bonds. The van der Waals surface area contributed by atoms with Crippen LogP contribution in [-0.2, 0) is 11.0 Å². The highest BCUT2D eigenvalue weighted by atomic mass is 35.5. The molecule has 0 spiro atoms. The summed E-state index contributed by atoms with van der Waals surface area (Å²) in [5.74, 6) is -1.15. The van der Waals surface area contributed by atoms with Gasteiger partial charge in [0.15, 0.2) is 0 Å². The molecule has 1 aromatic rings. The summed E-state index contributed by atoms with van der Waals surface area (Å²) in [5.41, 5.74) is 4.12. The van der Waals surface area contributed by atoms with Gasteiger partial charge in [-0.3, -0.25) is 10.1 Å². The number of alkyl halides is 3. The summed E-state index contributed by atoms with van der Waals surface area (Å²) in [7, 11) is 1.21. The van der Waals surface area contributed by atoms with E-state index in [0.29, 0.717) is 0 Å². The Morgan fingerprint density at radius 1 is 1.42 bits per heavy atom. The Kier molecular flexibility index (Phi) is 6.13. The number of rotatable bonds is 2. The SMILES string of the molecule is CON=C(N)NC(=O)c1cccc(C(F)(F)F)c1.Cl. The van der Waals surface area contributed by atoms with E-state index in [0.717, 1.165) is 18.2 Å². The van der Waals surface area contributed by atoms with Crippen molar-refractivity contribution >= 4 is 24.3 Å². The van der Waals surface area contributed by atoms with E-state index >= 15 is 0 Å². The molecule has 1 aromatic carbocycles. The molecule has 0 aliphatic heterocycles. The number of benzene rings is 1. The molecule has 1 rings (SSSR count). The van der Waals surface area contributed by atoms with Crippen LogP contribution in [0.15, 0.2) is 29.4 Å². The van der Waals surface area contributed by atoms with Crippen molar-refractivity contribution in [1.82, 2.24) is 5.32 Å². The Bertz CT molecular complexity index is 477. The third-order valence-electron chi connectivity index (χ3n) is 1.88. The molecule has 106 valence electrons. The van der Waals surface area contributed by atoms with Crippen molar-refractivity contribution in [2.24, 2.45) is 10.9 Å². The molecule has 0 fully saturated rings. The highest BCUT2D eigenvalue weighted by molar-refractivity contribution is 6.05. The molecule has 0 aliphatic rings. The predicted octanol–water partition coefficient (Wildman–Crippen LogP) is 1.73. The summed E-state index contributed by atoms with van der Waals surface area (Å²) >= 11 is 0. The van der Waals surface area contributed by atoms with Crippen LogP contribution in [0, 0.1) is 0 Å². The fourth-order valence-corrected chi connectivity index (χ4v) is 1.15. The Balaban J connectivity index is 0.00000324. The number of hydrogen-bond donors (Lipinski definition) is 2. The van der Waals surface area contributed by atoms with Gasteiger partial charge in [-0.05, 0) is 23.4 Å². The molecular weight excluding hydrogens is 287 g/mol. The number of carbonyl (C=O) groups is 1. The van der Waals surface area contributed by atoms with Crippen molar-refractivity contribution in [2.45, 2.75) is 6.18 Å². The van der Waals surface area contributed by atoms with Crippen molar-refractivity contribution in [1.29, 1.82) is 0 Å². The molecule has 0 atom stereocenters. The second kappa shape index (κ2) is 6.83. The molecule has 0 bridgehead atoms. The van der Waals surface area contributed by atoms with Crippen LogP contribution in [-0.4, -0.2) is 19.0 Å². The van der Waals surface area contributed by atoms with Gasteiger partial charge in [-0.25, -0.2) is 0 Å². The van der Waals surface area contributed by atoms with Gasteiger partial charge in [0.1, 0.15) is 7.11 Å². The maximum atomic E-state index is 12.4. The standard InChI is InChI=1S/C10H10F3N3O2.ClH/c1-18-16-9(14)15-8(17)6-3-2-4-7(5-6)10(11,12)13;/h2-5H,1H3,(H3,14,15,16,17);1H. The van der Waals surface area contributed by atoms with E-state index in [1.165, 1.54) is 13.2 Å². The third kappa shape index (κ3) is 5.04. The van der Waals surface area contributed by atoms with Gasteiger partial charge < -0.3 is 10.6 Å². The first-order valence-corrected chi connectivity index (χ1v) is 4.70. The largest absolute Gasteiger partial charge is 0.416 e. The number of nitrogens with zero attached hydrogens (tertiary/aromatic N) is 1. The van der Waals surface area contributed by atoms with Gasteiger partial charge in [0.2, 0.25) is 5.96 Å². The molecule has 0 saturated heterocycles. The number of nitrogens with one attached hydrogen (secondary N) is 1. The Labute approximate surface area is 113 Å². The zero-order chi connectivity index (χ0) is 13.8. The number of carbonyl (C=O) groups excluding carboxylic acids is 1. The minimum atomic E-state index is -4.51. The lowest BCUT2D eigenvalue weighted by Crippen LogP contribution is -2.36.